The fourth-order valence-electron chi connectivity index (χ4n) is 1.15. The van der Waals surface area contributed by atoms with Crippen molar-refractivity contribution in [1.82, 2.24) is 4.98 Å². The average molecular weight is 197 g/mol. The highest BCUT2D eigenvalue weighted by molar-refractivity contribution is 5.13. The Kier molecular flexibility index (Phi) is 4.16. The van der Waals surface area contributed by atoms with Gasteiger partial charge in [0.05, 0.1) is 19.8 Å². The number of rotatable bonds is 5. The summed E-state index contributed by atoms with van der Waals surface area (Å²) in [6, 6.07) is 1.82. The molecule has 4 nitrogen and oxygen atoms in total. The minimum Gasteiger partial charge on any atom is -0.462 e. The molecule has 0 aromatic carbocycles. The summed E-state index contributed by atoms with van der Waals surface area (Å²) < 4.78 is 12.7. The van der Waals surface area contributed by atoms with Crippen molar-refractivity contribution in [1.29, 1.82) is 0 Å². The van der Waals surface area contributed by atoms with Gasteiger partial charge in [-0.1, -0.05) is 0 Å². The van der Waals surface area contributed by atoms with E-state index in [1.165, 1.54) is 0 Å². The Bertz CT molecular complexity index is 289. The summed E-state index contributed by atoms with van der Waals surface area (Å²) in [5.41, 5.74) is 0. The van der Waals surface area contributed by atoms with Crippen LogP contribution < -0.4 is 14.0 Å². The maximum Gasteiger partial charge on any atom is 0.335 e. The van der Waals surface area contributed by atoms with Crippen LogP contribution in [0.15, 0.2) is 12.4 Å². The highest BCUT2D eigenvalue weighted by Crippen LogP contribution is 2.11. The molecule has 1 rings (SSSR count). The smallest absolute Gasteiger partial charge is 0.335 e. The molecule has 0 atom stereocenters. The van der Waals surface area contributed by atoms with E-state index < -0.39 is 0 Å². The lowest BCUT2D eigenvalue weighted by Crippen LogP contribution is -2.35. The monoisotopic (exact) mass is 197 g/mol. The summed E-state index contributed by atoms with van der Waals surface area (Å²) in [4.78, 5) is 4.14. The van der Waals surface area contributed by atoms with Crippen molar-refractivity contribution in [2.75, 3.05) is 13.2 Å². The van der Waals surface area contributed by atoms with Crippen molar-refractivity contribution < 1.29 is 14.0 Å². The van der Waals surface area contributed by atoms with Gasteiger partial charge in [0, 0.05) is 0 Å². The van der Waals surface area contributed by atoms with Crippen LogP contribution in [0.3, 0.4) is 0 Å². The lowest BCUT2D eigenvalue weighted by Gasteiger charge is -2.05. The first-order valence-corrected chi connectivity index (χ1v) is 4.96. The maximum absolute atomic E-state index is 5.46. The molecule has 14 heavy (non-hydrogen) atoms. The number of nitrogens with zero attached hydrogens (tertiary/aromatic N) is 2. The summed E-state index contributed by atoms with van der Waals surface area (Å²) >= 11 is 0. The van der Waals surface area contributed by atoms with Crippen molar-refractivity contribution in [3.05, 3.63) is 12.4 Å². The van der Waals surface area contributed by atoms with E-state index in [1.807, 2.05) is 31.4 Å². The molecule has 0 saturated heterocycles. The van der Waals surface area contributed by atoms with Crippen molar-refractivity contribution >= 4 is 0 Å². The zero-order chi connectivity index (χ0) is 10.4. The van der Waals surface area contributed by atoms with Crippen LogP contribution in [0.2, 0.25) is 0 Å². The van der Waals surface area contributed by atoms with Gasteiger partial charge in [0.25, 0.3) is 12.2 Å². The van der Waals surface area contributed by atoms with E-state index in [1.54, 1.807) is 6.33 Å². The first-order valence-electron chi connectivity index (χ1n) is 4.96. The average Bonchev–Trinajstić information content (AvgIpc) is 2.19. The van der Waals surface area contributed by atoms with Crippen LogP contribution in [0.25, 0.3) is 0 Å². The Labute approximate surface area is 84.5 Å². The van der Waals surface area contributed by atoms with Gasteiger partial charge in [-0.2, -0.15) is 4.57 Å². The first kappa shape index (κ1) is 10.8. The molecule has 0 aliphatic rings. The van der Waals surface area contributed by atoms with Crippen molar-refractivity contribution in [3.8, 4) is 11.8 Å². The number of aryl methyl sites for hydroxylation is 1. The minimum absolute atomic E-state index is 0.612. The molecular weight excluding hydrogens is 180 g/mol. The third-order valence-electron chi connectivity index (χ3n) is 1.78. The second-order valence-electron chi connectivity index (χ2n) is 2.72. The molecule has 1 aromatic heterocycles. The molecule has 0 N–H and O–H groups in total. The van der Waals surface area contributed by atoms with Crippen LogP contribution in [0, 0.1) is 0 Å². The molecule has 0 fully saturated rings. The summed E-state index contributed by atoms with van der Waals surface area (Å²) in [5.74, 6) is 1.41. The van der Waals surface area contributed by atoms with Gasteiger partial charge >= 0.3 is 5.88 Å². The van der Waals surface area contributed by atoms with Crippen LogP contribution >= 0.6 is 0 Å². The Morgan fingerprint density at radius 1 is 1.21 bits per heavy atom. The van der Waals surface area contributed by atoms with Gasteiger partial charge in [-0.25, -0.2) is 0 Å². The minimum atomic E-state index is 0.612. The van der Waals surface area contributed by atoms with Crippen LogP contribution in [-0.2, 0) is 6.54 Å². The zero-order valence-electron chi connectivity index (χ0n) is 8.99. The fourth-order valence-corrected chi connectivity index (χ4v) is 1.15. The largest absolute Gasteiger partial charge is 0.462 e. The van der Waals surface area contributed by atoms with E-state index in [-0.39, 0.29) is 0 Å². The van der Waals surface area contributed by atoms with E-state index in [2.05, 4.69) is 4.98 Å². The van der Waals surface area contributed by atoms with E-state index >= 15 is 0 Å². The highest BCUT2D eigenvalue weighted by atomic mass is 16.5. The summed E-state index contributed by atoms with van der Waals surface area (Å²) in [7, 11) is 0. The van der Waals surface area contributed by atoms with Crippen molar-refractivity contribution in [2.45, 2.75) is 27.3 Å². The van der Waals surface area contributed by atoms with Crippen molar-refractivity contribution in [3.63, 3.8) is 0 Å². The summed E-state index contributed by atoms with van der Waals surface area (Å²) in [6.07, 6.45) is 1.73. The highest BCUT2D eigenvalue weighted by Gasteiger charge is 2.11. The molecule has 0 unspecified atom stereocenters. The van der Waals surface area contributed by atoms with E-state index in [0.717, 1.165) is 12.4 Å². The van der Waals surface area contributed by atoms with Gasteiger partial charge < -0.3 is 9.47 Å². The van der Waals surface area contributed by atoms with E-state index in [9.17, 15) is 0 Å². The normalized spacial score (nSPS) is 9.93. The SMILES string of the molecule is CCOc1cc(OCC)[n+](CC)cn1. The van der Waals surface area contributed by atoms with E-state index in [0.29, 0.717) is 19.1 Å². The predicted octanol–water partition coefficient (Wildman–Crippen LogP) is 1.19. The van der Waals surface area contributed by atoms with Gasteiger partial charge in [0.2, 0.25) is 0 Å². The topological polar surface area (TPSA) is 35.2 Å². The lowest BCUT2D eigenvalue weighted by atomic mass is 10.5. The quantitative estimate of drug-likeness (QED) is 0.665. The van der Waals surface area contributed by atoms with Gasteiger partial charge in [0.15, 0.2) is 0 Å². The molecule has 0 saturated carbocycles. The number of aromatic nitrogens is 2. The van der Waals surface area contributed by atoms with Gasteiger partial charge in [-0.3, -0.25) is 0 Å². The maximum atomic E-state index is 5.46. The Morgan fingerprint density at radius 3 is 2.50 bits per heavy atom. The van der Waals surface area contributed by atoms with Gasteiger partial charge in [-0.15, -0.1) is 0 Å². The van der Waals surface area contributed by atoms with Crippen LogP contribution in [0.4, 0.5) is 0 Å². The standard InChI is InChI=1S/C10H17N2O2/c1-4-12-8-11-9(13-5-2)7-10(12)14-6-3/h7-8H,4-6H2,1-3H3/q+1. The molecule has 0 spiro atoms. The molecular formula is C10H17N2O2+. The van der Waals surface area contributed by atoms with Gasteiger partial charge in [0.1, 0.15) is 6.07 Å². The number of hydrogen-bond donors (Lipinski definition) is 0. The fraction of sp³-hybridized carbons (Fsp3) is 0.600. The molecule has 0 radical (unpaired) electrons. The molecule has 0 aliphatic heterocycles. The molecule has 0 aliphatic carbocycles. The second kappa shape index (κ2) is 5.42. The lowest BCUT2D eigenvalue weighted by molar-refractivity contribution is -0.701. The molecule has 0 bridgehead atoms. The Hall–Kier alpha value is -1.32. The third-order valence-corrected chi connectivity index (χ3v) is 1.78. The summed E-state index contributed by atoms with van der Waals surface area (Å²) in [6.45, 7) is 8.05. The number of ether oxygens (including phenoxy) is 2. The molecule has 0 amide bonds. The van der Waals surface area contributed by atoms with Crippen LogP contribution in [0.5, 0.6) is 11.8 Å². The molecule has 1 heterocycles. The first-order chi connectivity index (χ1) is 6.81. The third kappa shape index (κ3) is 2.58. The van der Waals surface area contributed by atoms with Crippen LogP contribution in [-0.4, -0.2) is 18.2 Å². The molecule has 4 heteroatoms. The Morgan fingerprint density at radius 2 is 1.93 bits per heavy atom. The molecule has 1 aromatic rings. The number of hydrogen-bond acceptors (Lipinski definition) is 3. The second-order valence-corrected chi connectivity index (χ2v) is 2.72. The van der Waals surface area contributed by atoms with Gasteiger partial charge in [-0.05, 0) is 25.8 Å². The Balaban J connectivity index is 2.88. The van der Waals surface area contributed by atoms with Crippen molar-refractivity contribution in [2.24, 2.45) is 0 Å². The van der Waals surface area contributed by atoms with Crippen LogP contribution in [0.1, 0.15) is 20.8 Å². The van der Waals surface area contributed by atoms with E-state index in [4.69, 9.17) is 9.47 Å². The molecule has 78 valence electrons. The predicted molar refractivity (Wildman–Crippen MR) is 52.4 cm³/mol. The zero-order valence-corrected chi connectivity index (χ0v) is 8.99. The summed E-state index contributed by atoms with van der Waals surface area (Å²) in [5, 5.41) is 0.